The Morgan fingerprint density at radius 3 is 2.43 bits per heavy atom. The summed E-state index contributed by atoms with van der Waals surface area (Å²) >= 11 is 0. The molecule has 2 fully saturated rings. The van der Waals surface area contributed by atoms with Crippen molar-refractivity contribution >= 4 is 0 Å². The molecule has 1 unspecified atom stereocenters. The van der Waals surface area contributed by atoms with E-state index in [1.165, 1.54) is 0 Å². The van der Waals surface area contributed by atoms with Gasteiger partial charge in [0.2, 0.25) is 0 Å². The van der Waals surface area contributed by atoms with Crippen molar-refractivity contribution in [1.29, 1.82) is 0 Å². The number of rotatable bonds is 2. The molecule has 2 atom stereocenters. The molecule has 2 aliphatic rings. The van der Waals surface area contributed by atoms with Crippen LogP contribution in [0.3, 0.4) is 0 Å². The molecule has 4 heteroatoms. The molecule has 2 rings (SSSR count). The van der Waals surface area contributed by atoms with E-state index in [0.29, 0.717) is 18.7 Å². The van der Waals surface area contributed by atoms with Crippen molar-refractivity contribution in [1.82, 2.24) is 5.32 Å². The second-order valence-corrected chi connectivity index (χ2v) is 4.19. The summed E-state index contributed by atoms with van der Waals surface area (Å²) in [7, 11) is 0. The third kappa shape index (κ3) is 2.67. The van der Waals surface area contributed by atoms with E-state index in [-0.39, 0.29) is 6.04 Å². The van der Waals surface area contributed by atoms with Gasteiger partial charge >= 0.3 is 0 Å². The second-order valence-electron chi connectivity index (χ2n) is 4.19. The molecule has 0 aromatic carbocycles. The van der Waals surface area contributed by atoms with E-state index in [2.05, 4.69) is 5.32 Å². The number of ether oxygens (including phenoxy) is 2. The maximum absolute atomic E-state index is 5.98. The molecule has 3 N–H and O–H groups in total. The van der Waals surface area contributed by atoms with E-state index in [4.69, 9.17) is 15.2 Å². The third-order valence-corrected chi connectivity index (χ3v) is 3.07. The van der Waals surface area contributed by atoms with Gasteiger partial charge in [-0.05, 0) is 19.3 Å². The van der Waals surface area contributed by atoms with Crippen molar-refractivity contribution in [3.63, 3.8) is 0 Å². The lowest BCUT2D eigenvalue weighted by atomic mass is 10.0. The van der Waals surface area contributed by atoms with Crippen molar-refractivity contribution < 1.29 is 9.47 Å². The minimum atomic E-state index is 0.159. The zero-order chi connectivity index (χ0) is 9.80. The van der Waals surface area contributed by atoms with Crippen molar-refractivity contribution in [2.45, 2.75) is 37.4 Å². The van der Waals surface area contributed by atoms with Gasteiger partial charge in [0.25, 0.3) is 0 Å². The molecule has 82 valence electrons. The van der Waals surface area contributed by atoms with Crippen LogP contribution in [0.15, 0.2) is 0 Å². The van der Waals surface area contributed by atoms with Crippen LogP contribution in [0, 0.1) is 0 Å². The van der Waals surface area contributed by atoms with Crippen molar-refractivity contribution in [3.8, 4) is 0 Å². The van der Waals surface area contributed by atoms with Crippen LogP contribution in [-0.4, -0.2) is 44.6 Å². The molecule has 0 saturated carbocycles. The molecule has 0 aromatic heterocycles. The first kappa shape index (κ1) is 10.4. The summed E-state index contributed by atoms with van der Waals surface area (Å²) in [4.78, 5) is 0. The molecule has 0 aromatic rings. The smallest absolute Gasteiger partial charge is 0.0632 e. The zero-order valence-corrected chi connectivity index (χ0v) is 8.58. The predicted molar refractivity (Wildman–Crippen MR) is 54.2 cm³/mol. The Morgan fingerprint density at radius 1 is 1.00 bits per heavy atom. The lowest BCUT2D eigenvalue weighted by Crippen LogP contribution is -2.55. The predicted octanol–water partition coefficient (Wildman–Crippen LogP) is -0.129. The summed E-state index contributed by atoms with van der Waals surface area (Å²) in [6, 6.07) is 1.19. The molecule has 2 heterocycles. The van der Waals surface area contributed by atoms with Crippen LogP contribution in [0.2, 0.25) is 0 Å². The molecule has 0 spiro atoms. The van der Waals surface area contributed by atoms with Crippen LogP contribution in [0.5, 0.6) is 0 Å². The van der Waals surface area contributed by atoms with Crippen molar-refractivity contribution in [3.05, 3.63) is 0 Å². The highest BCUT2D eigenvalue weighted by molar-refractivity contribution is 4.86. The first-order valence-electron chi connectivity index (χ1n) is 5.53. The minimum absolute atomic E-state index is 0.159. The van der Waals surface area contributed by atoms with Crippen molar-refractivity contribution in [2.24, 2.45) is 5.73 Å². The normalized spacial score (nSPS) is 35.8. The Hall–Kier alpha value is -0.160. The van der Waals surface area contributed by atoms with Gasteiger partial charge in [-0.1, -0.05) is 0 Å². The summed E-state index contributed by atoms with van der Waals surface area (Å²) in [5.74, 6) is 0. The fourth-order valence-corrected chi connectivity index (χ4v) is 2.13. The number of nitrogens with two attached hydrogens (primary N) is 1. The highest BCUT2D eigenvalue weighted by atomic mass is 16.5. The lowest BCUT2D eigenvalue weighted by molar-refractivity contribution is 0.0417. The van der Waals surface area contributed by atoms with Gasteiger partial charge in [0.05, 0.1) is 6.61 Å². The maximum Gasteiger partial charge on any atom is 0.0632 e. The maximum atomic E-state index is 5.98. The molecule has 0 aliphatic carbocycles. The second kappa shape index (κ2) is 5.07. The largest absolute Gasteiger partial charge is 0.381 e. The SMILES string of the molecule is N[C@@H]1COCCC1NC1CCOCC1. The minimum Gasteiger partial charge on any atom is -0.381 e. The fourth-order valence-electron chi connectivity index (χ4n) is 2.13. The van der Waals surface area contributed by atoms with Gasteiger partial charge < -0.3 is 20.5 Å². The Balaban J connectivity index is 1.76. The summed E-state index contributed by atoms with van der Waals surface area (Å²) in [6.07, 6.45) is 3.27. The Labute approximate surface area is 85.1 Å². The third-order valence-electron chi connectivity index (χ3n) is 3.07. The summed E-state index contributed by atoms with van der Waals surface area (Å²) in [6.45, 7) is 3.31. The molecule has 0 amide bonds. The van der Waals surface area contributed by atoms with E-state index < -0.39 is 0 Å². The first-order valence-corrected chi connectivity index (χ1v) is 5.53. The van der Waals surface area contributed by atoms with Crippen LogP contribution in [0.25, 0.3) is 0 Å². The Bertz CT molecular complexity index is 172. The van der Waals surface area contributed by atoms with Gasteiger partial charge in [-0.3, -0.25) is 0 Å². The number of hydrogen-bond donors (Lipinski definition) is 2. The van der Waals surface area contributed by atoms with E-state index in [1.807, 2.05) is 0 Å². The molecule has 0 bridgehead atoms. The fraction of sp³-hybridized carbons (Fsp3) is 1.00. The van der Waals surface area contributed by atoms with Crippen LogP contribution in [-0.2, 0) is 9.47 Å². The van der Waals surface area contributed by atoms with Gasteiger partial charge in [0.1, 0.15) is 0 Å². The van der Waals surface area contributed by atoms with Crippen molar-refractivity contribution in [2.75, 3.05) is 26.4 Å². The van der Waals surface area contributed by atoms with Crippen LogP contribution in [0.1, 0.15) is 19.3 Å². The summed E-state index contributed by atoms with van der Waals surface area (Å²) in [5.41, 5.74) is 5.98. The van der Waals surface area contributed by atoms with Gasteiger partial charge in [-0.2, -0.15) is 0 Å². The average Bonchev–Trinajstić information content (AvgIpc) is 2.23. The highest BCUT2D eigenvalue weighted by Gasteiger charge is 2.25. The van der Waals surface area contributed by atoms with Gasteiger partial charge in [-0.15, -0.1) is 0 Å². The van der Waals surface area contributed by atoms with Gasteiger partial charge in [-0.25, -0.2) is 0 Å². The molecule has 0 radical (unpaired) electrons. The molecule has 4 nitrogen and oxygen atoms in total. The Morgan fingerprint density at radius 2 is 1.71 bits per heavy atom. The average molecular weight is 200 g/mol. The topological polar surface area (TPSA) is 56.5 Å². The van der Waals surface area contributed by atoms with Crippen LogP contribution in [0.4, 0.5) is 0 Å². The van der Waals surface area contributed by atoms with E-state index in [1.54, 1.807) is 0 Å². The van der Waals surface area contributed by atoms with Gasteiger partial charge in [0, 0.05) is 37.9 Å². The quantitative estimate of drug-likeness (QED) is 0.652. The van der Waals surface area contributed by atoms with Crippen LogP contribution < -0.4 is 11.1 Å². The lowest BCUT2D eigenvalue weighted by Gasteiger charge is -2.34. The number of nitrogens with one attached hydrogen (secondary N) is 1. The van der Waals surface area contributed by atoms with E-state index in [0.717, 1.165) is 39.1 Å². The zero-order valence-electron chi connectivity index (χ0n) is 8.58. The number of hydrogen-bond acceptors (Lipinski definition) is 4. The molecular formula is C10H20N2O2. The molecule has 2 saturated heterocycles. The standard InChI is InChI=1S/C10H20N2O2/c11-9-7-14-6-3-10(9)12-8-1-4-13-5-2-8/h8-10,12H,1-7,11H2/t9-,10?/m1/s1. The summed E-state index contributed by atoms with van der Waals surface area (Å²) in [5, 5.41) is 3.62. The molecular weight excluding hydrogens is 180 g/mol. The molecule has 14 heavy (non-hydrogen) atoms. The van der Waals surface area contributed by atoms with Gasteiger partial charge in [0.15, 0.2) is 0 Å². The van der Waals surface area contributed by atoms with E-state index in [9.17, 15) is 0 Å². The monoisotopic (exact) mass is 200 g/mol. The summed E-state index contributed by atoms with van der Waals surface area (Å²) < 4.78 is 10.6. The first-order chi connectivity index (χ1) is 6.86. The highest BCUT2D eigenvalue weighted by Crippen LogP contribution is 2.12. The molecule has 2 aliphatic heterocycles. The van der Waals surface area contributed by atoms with Crippen LogP contribution >= 0.6 is 0 Å². The van der Waals surface area contributed by atoms with E-state index >= 15 is 0 Å². The Kier molecular flexibility index (Phi) is 3.75.